The first-order valence-corrected chi connectivity index (χ1v) is 7.02. The zero-order valence-electron chi connectivity index (χ0n) is 12.9. The summed E-state index contributed by atoms with van der Waals surface area (Å²) in [5.41, 5.74) is 2.27. The molecule has 1 aromatic carbocycles. The van der Waals surface area contributed by atoms with Gasteiger partial charge in [-0.3, -0.25) is 4.98 Å². The number of benzene rings is 1. The molecule has 4 heteroatoms. The summed E-state index contributed by atoms with van der Waals surface area (Å²) in [4.78, 5) is 6.61. The lowest BCUT2D eigenvalue weighted by Crippen LogP contribution is -2.21. The van der Waals surface area contributed by atoms with Crippen molar-refractivity contribution < 1.29 is 9.47 Å². The van der Waals surface area contributed by atoms with E-state index in [9.17, 15) is 0 Å². The number of nitrogens with zero attached hydrogens (tertiary/aromatic N) is 2. The predicted octanol–water partition coefficient (Wildman–Crippen LogP) is 2.77. The number of aromatic nitrogens is 1. The van der Waals surface area contributed by atoms with E-state index < -0.39 is 0 Å². The minimum Gasteiger partial charge on any atom is -0.497 e. The van der Waals surface area contributed by atoms with Crippen molar-refractivity contribution >= 4 is 0 Å². The molecule has 0 atom stereocenters. The SMILES string of the molecule is COc1ccc(CN(C)CCc2ccccn2)c(OC)c1. The van der Waals surface area contributed by atoms with Crippen LogP contribution in [0.5, 0.6) is 11.5 Å². The molecule has 4 nitrogen and oxygen atoms in total. The predicted molar refractivity (Wildman–Crippen MR) is 83.8 cm³/mol. The van der Waals surface area contributed by atoms with Crippen molar-refractivity contribution in [3.05, 3.63) is 53.9 Å². The Morgan fingerprint density at radius 1 is 1.10 bits per heavy atom. The maximum Gasteiger partial charge on any atom is 0.127 e. The molecule has 0 radical (unpaired) electrons. The first kappa shape index (κ1) is 15.3. The minimum atomic E-state index is 0.812. The van der Waals surface area contributed by atoms with Crippen LogP contribution in [-0.4, -0.2) is 37.7 Å². The van der Waals surface area contributed by atoms with E-state index in [1.165, 1.54) is 0 Å². The molecule has 0 aliphatic carbocycles. The Labute approximate surface area is 126 Å². The zero-order valence-corrected chi connectivity index (χ0v) is 12.9. The Bertz CT molecular complexity index is 558. The van der Waals surface area contributed by atoms with Gasteiger partial charge < -0.3 is 14.4 Å². The average molecular weight is 286 g/mol. The number of pyridine rings is 1. The summed E-state index contributed by atoms with van der Waals surface area (Å²) in [6.45, 7) is 1.78. The van der Waals surface area contributed by atoms with E-state index in [0.717, 1.165) is 42.3 Å². The van der Waals surface area contributed by atoms with Crippen LogP contribution in [0.1, 0.15) is 11.3 Å². The molecule has 2 rings (SSSR count). The van der Waals surface area contributed by atoms with Gasteiger partial charge in [0.05, 0.1) is 14.2 Å². The fraction of sp³-hybridized carbons (Fsp3) is 0.353. The van der Waals surface area contributed by atoms with E-state index in [-0.39, 0.29) is 0 Å². The van der Waals surface area contributed by atoms with Gasteiger partial charge in [0.15, 0.2) is 0 Å². The smallest absolute Gasteiger partial charge is 0.127 e. The van der Waals surface area contributed by atoms with Crippen LogP contribution in [0.25, 0.3) is 0 Å². The normalized spacial score (nSPS) is 10.7. The summed E-state index contributed by atoms with van der Waals surface area (Å²) >= 11 is 0. The third kappa shape index (κ3) is 4.46. The molecule has 21 heavy (non-hydrogen) atoms. The van der Waals surface area contributed by atoms with Crippen molar-refractivity contribution in [1.82, 2.24) is 9.88 Å². The summed E-state index contributed by atoms with van der Waals surface area (Å²) in [5.74, 6) is 1.67. The number of likely N-dealkylation sites (N-methyl/N-ethyl adjacent to an activating group) is 1. The van der Waals surface area contributed by atoms with E-state index >= 15 is 0 Å². The van der Waals surface area contributed by atoms with Gasteiger partial charge in [0.1, 0.15) is 11.5 Å². The van der Waals surface area contributed by atoms with E-state index in [1.807, 2.05) is 30.5 Å². The molecular formula is C17H22N2O2. The van der Waals surface area contributed by atoms with Gasteiger partial charge in [-0.2, -0.15) is 0 Å². The molecule has 0 fully saturated rings. The Hall–Kier alpha value is -2.07. The van der Waals surface area contributed by atoms with Gasteiger partial charge in [0, 0.05) is 43.0 Å². The van der Waals surface area contributed by atoms with Gasteiger partial charge >= 0.3 is 0 Å². The van der Waals surface area contributed by atoms with Gasteiger partial charge in [-0.1, -0.05) is 12.1 Å². The number of ether oxygens (including phenoxy) is 2. The molecule has 0 unspecified atom stereocenters. The van der Waals surface area contributed by atoms with Gasteiger partial charge in [0.25, 0.3) is 0 Å². The number of methoxy groups -OCH3 is 2. The molecule has 0 bridgehead atoms. The Kier molecular flexibility index (Phi) is 5.58. The molecule has 0 amide bonds. The lowest BCUT2D eigenvalue weighted by molar-refractivity contribution is 0.319. The third-order valence-electron chi connectivity index (χ3n) is 3.41. The number of rotatable bonds is 7. The van der Waals surface area contributed by atoms with Crippen molar-refractivity contribution in [2.24, 2.45) is 0 Å². The number of hydrogen-bond donors (Lipinski definition) is 0. The highest BCUT2D eigenvalue weighted by atomic mass is 16.5. The Morgan fingerprint density at radius 2 is 1.95 bits per heavy atom. The molecule has 112 valence electrons. The van der Waals surface area contributed by atoms with Gasteiger partial charge in [0.2, 0.25) is 0 Å². The molecule has 0 aliphatic heterocycles. The Balaban J connectivity index is 1.94. The second-order valence-corrected chi connectivity index (χ2v) is 4.99. The molecule has 0 N–H and O–H groups in total. The number of hydrogen-bond acceptors (Lipinski definition) is 4. The molecule has 0 spiro atoms. The highest BCUT2D eigenvalue weighted by Crippen LogP contribution is 2.25. The van der Waals surface area contributed by atoms with Crippen LogP contribution >= 0.6 is 0 Å². The second kappa shape index (κ2) is 7.64. The molecule has 1 heterocycles. The van der Waals surface area contributed by atoms with Crippen LogP contribution in [0.15, 0.2) is 42.6 Å². The quantitative estimate of drug-likeness (QED) is 0.784. The molecule has 0 saturated heterocycles. The minimum absolute atomic E-state index is 0.812. The second-order valence-electron chi connectivity index (χ2n) is 4.99. The van der Waals surface area contributed by atoms with Crippen molar-refractivity contribution in [3.63, 3.8) is 0 Å². The molecular weight excluding hydrogens is 264 g/mol. The van der Waals surface area contributed by atoms with Crippen LogP contribution < -0.4 is 9.47 Å². The summed E-state index contributed by atoms with van der Waals surface area (Å²) in [6, 6.07) is 12.0. The Morgan fingerprint density at radius 3 is 2.62 bits per heavy atom. The van der Waals surface area contributed by atoms with E-state index in [1.54, 1.807) is 14.2 Å². The lowest BCUT2D eigenvalue weighted by Gasteiger charge is -2.18. The highest BCUT2D eigenvalue weighted by molar-refractivity contribution is 5.40. The van der Waals surface area contributed by atoms with Crippen molar-refractivity contribution in [2.45, 2.75) is 13.0 Å². The van der Waals surface area contributed by atoms with Crippen LogP contribution in [0, 0.1) is 0 Å². The maximum absolute atomic E-state index is 5.43. The van der Waals surface area contributed by atoms with E-state index in [0.29, 0.717) is 0 Å². The van der Waals surface area contributed by atoms with Crippen molar-refractivity contribution in [3.8, 4) is 11.5 Å². The van der Waals surface area contributed by atoms with Gasteiger partial charge in [-0.25, -0.2) is 0 Å². The lowest BCUT2D eigenvalue weighted by atomic mass is 10.1. The van der Waals surface area contributed by atoms with Crippen LogP contribution in [0.3, 0.4) is 0 Å². The maximum atomic E-state index is 5.43. The highest BCUT2D eigenvalue weighted by Gasteiger charge is 2.08. The van der Waals surface area contributed by atoms with E-state index in [2.05, 4.69) is 29.1 Å². The molecule has 2 aromatic rings. The first-order valence-electron chi connectivity index (χ1n) is 7.02. The standard InChI is InChI=1S/C17H22N2O2/c1-19(11-9-15-6-4-5-10-18-15)13-14-7-8-16(20-2)12-17(14)21-3/h4-8,10,12H,9,11,13H2,1-3H3. The fourth-order valence-corrected chi connectivity index (χ4v) is 2.20. The first-order chi connectivity index (χ1) is 10.2. The van der Waals surface area contributed by atoms with Gasteiger partial charge in [-0.05, 0) is 25.2 Å². The largest absolute Gasteiger partial charge is 0.497 e. The monoisotopic (exact) mass is 286 g/mol. The summed E-state index contributed by atoms with van der Waals surface area (Å²) < 4.78 is 10.7. The van der Waals surface area contributed by atoms with Crippen molar-refractivity contribution in [2.75, 3.05) is 27.8 Å². The third-order valence-corrected chi connectivity index (χ3v) is 3.41. The van der Waals surface area contributed by atoms with Crippen LogP contribution in [0.2, 0.25) is 0 Å². The van der Waals surface area contributed by atoms with E-state index in [4.69, 9.17) is 9.47 Å². The molecule has 0 saturated carbocycles. The topological polar surface area (TPSA) is 34.6 Å². The zero-order chi connectivity index (χ0) is 15.1. The fourth-order valence-electron chi connectivity index (χ4n) is 2.20. The average Bonchev–Trinajstić information content (AvgIpc) is 2.54. The van der Waals surface area contributed by atoms with Crippen LogP contribution in [-0.2, 0) is 13.0 Å². The summed E-state index contributed by atoms with van der Waals surface area (Å²) in [7, 11) is 5.45. The molecule has 1 aromatic heterocycles. The molecule has 0 aliphatic rings. The van der Waals surface area contributed by atoms with Crippen molar-refractivity contribution in [1.29, 1.82) is 0 Å². The van der Waals surface area contributed by atoms with Crippen LogP contribution in [0.4, 0.5) is 0 Å². The van der Waals surface area contributed by atoms with Gasteiger partial charge in [-0.15, -0.1) is 0 Å². The summed E-state index contributed by atoms with van der Waals surface area (Å²) in [6.07, 6.45) is 2.78. The summed E-state index contributed by atoms with van der Waals surface area (Å²) in [5, 5.41) is 0.